The molecule has 1 rings (SSSR count). The van der Waals surface area contributed by atoms with Gasteiger partial charge in [0.2, 0.25) is 0 Å². The van der Waals surface area contributed by atoms with Gasteiger partial charge in [0.05, 0.1) is 24.3 Å². The molecule has 0 fully saturated rings. The van der Waals surface area contributed by atoms with Crippen LogP contribution in [0.2, 0.25) is 0 Å². The van der Waals surface area contributed by atoms with Crippen LogP contribution in [0.3, 0.4) is 0 Å². The molecule has 0 amide bonds. The predicted octanol–water partition coefficient (Wildman–Crippen LogP) is 0.750. The molecule has 0 bridgehead atoms. The van der Waals surface area contributed by atoms with Gasteiger partial charge in [-0.25, -0.2) is 4.98 Å². The van der Waals surface area contributed by atoms with Crippen molar-refractivity contribution in [3.63, 3.8) is 0 Å². The van der Waals surface area contributed by atoms with E-state index in [-0.39, 0.29) is 6.04 Å². The molecule has 0 aromatic carbocycles. The molecule has 0 radical (unpaired) electrons. The predicted molar refractivity (Wildman–Crippen MR) is 45.1 cm³/mol. The average Bonchev–Trinajstić information content (AvgIpc) is 2.59. The van der Waals surface area contributed by atoms with Gasteiger partial charge in [-0.15, -0.1) is 6.58 Å². The Morgan fingerprint density at radius 1 is 1.92 bits per heavy atom. The van der Waals surface area contributed by atoms with Crippen molar-refractivity contribution < 1.29 is 0 Å². The van der Waals surface area contributed by atoms with E-state index in [1.807, 2.05) is 0 Å². The summed E-state index contributed by atoms with van der Waals surface area (Å²) in [7, 11) is 0. The number of hydrogen-bond acceptors (Lipinski definition) is 3. The summed E-state index contributed by atoms with van der Waals surface area (Å²) in [5.74, 6) is 0. The molecule has 4 nitrogen and oxygen atoms in total. The first-order chi connectivity index (χ1) is 5.88. The van der Waals surface area contributed by atoms with Crippen molar-refractivity contribution in [1.29, 1.82) is 5.26 Å². The first-order valence-electron chi connectivity index (χ1n) is 3.60. The first kappa shape index (κ1) is 8.50. The number of rotatable bonds is 4. The van der Waals surface area contributed by atoms with E-state index in [9.17, 15) is 0 Å². The van der Waals surface area contributed by atoms with Gasteiger partial charge in [-0.3, -0.25) is 5.32 Å². The number of hydrogen-bond donors (Lipinski definition) is 2. The Morgan fingerprint density at radius 2 is 2.75 bits per heavy atom. The molecule has 12 heavy (non-hydrogen) atoms. The smallest absolute Gasteiger partial charge is 0.138 e. The lowest BCUT2D eigenvalue weighted by atomic mass is 10.2. The Labute approximate surface area is 70.9 Å². The molecule has 1 aromatic rings. The highest BCUT2D eigenvalue weighted by Gasteiger charge is 2.08. The fraction of sp³-hybridized carbons (Fsp3) is 0.250. The van der Waals surface area contributed by atoms with Crippen LogP contribution < -0.4 is 5.32 Å². The van der Waals surface area contributed by atoms with Crippen LogP contribution in [-0.2, 0) is 0 Å². The van der Waals surface area contributed by atoms with E-state index in [0.717, 1.165) is 5.69 Å². The van der Waals surface area contributed by atoms with Gasteiger partial charge < -0.3 is 4.98 Å². The molecular formula is C8H10N4. The normalized spacial score (nSPS) is 11.9. The van der Waals surface area contributed by atoms with Crippen LogP contribution in [-0.4, -0.2) is 16.5 Å². The lowest BCUT2D eigenvalue weighted by molar-refractivity contribution is 0.669. The van der Waals surface area contributed by atoms with E-state index in [4.69, 9.17) is 5.26 Å². The second-order valence-corrected chi connectivity index (χ2v) is 2.27. The van der Waals surface area contributed by atoms with Gasteiger partial charge in [0.25, 0.3) is 0 Å². The maximum absolute atomic E-state index is 8.73. The fourth-order valence-corrected chi connectivity index (χ4v) is 0.851. The summed E-state index contributed by atoms with van der Waals surface area (Å²) in [6, 6.07) is 1.78. The maximum atomic E-state index is 8.73. The summed E-state index contributed by atoms with van der Waals surface area (Å²) in [5, 5.41) is 11.7. The van der Waals surface area contributed by atoms with E-state index in [1.54, 1.807) is 18.6 Å². The number of nitrogens with one attached hydrogen (secondary N) is 2. The van der Waals surface area contributed by atoms with Gasteiger partial charge in [-0.05, 0) is 0 Å². The van der Waals surface area contributed by atoms with Crippen molar-refractivity contribution in [2.75, 3.05) is 6.54 Å². The molecule has 1 unspecified atom stereocenters. The van der Waals surface area contributed by atoms with Crippen molar-refractivity contribution in [2.24, 2.45) is 0 Å². The highest BCUT2D eigenvalue weighted by atomic mass is 15.0. The van der Waals surface area contributed by atoms with Crippen molar-refractivity contribution in [2.45, 2.75) is 6.04 Å². The summed E-state index contributed by atoms with van der Waals surface area (Å²) >= 11 is 0. The first-order valence-corrected chi connectivity index (χ1v) is 3.60. The molecule has 0 saturated carbocycles. The molecule has 1 atom stereocenters. The molecule has 0 aliphatic rings. The highest BCUT2D eigenvalue weighted by Crippen LogP contribution is 2.05. The topological polar surface area (TPSA) is 64.5 Å². The van der Waals surface area contributed by atoms with Crippen LogP contribution in [0.1, 0.15) is 11.7 Å². The van der Waals surface area contributed by atoms with Crippen LogP contribution in [0, 0.1) is 11.3 Å². The summed E-state index contributed by atoms with van der Waals surface area (Å²) < 4.78 is 0. The third kappa shape index (κ3) is 1.94. The molecule has 4 heteroatoms. The van der Waals surface area contributed by atoms with Crippen molar-refractivity contribution in [3.8, 4) is 6.07 Å². The van der Waals surface area contributed by atoms with E-state index in [2.05, 4.69) is 27.9 Å². The zero-order chi connectivity index (χ0) is 8.81. The van der Waals surface area contributed by atoms with Crippen molar-refractivity contribution in [3.05, 3.63) is 30.9 Å². The summed E-state index contributed by atoms with van der Waals surface area (Å²) in [5.41, 5.74) is 0.777. The van der Waals surface area contributed by atoms with E-state index < -0.39 is 0 Å². The number of imidazole rings is 1. The second kappa shape index (κ2) is 4.31. The Kier molecular flexibility index (Phi) is 3.05. The average molecular weight is 162 g/mol. The molecule has 62 valence electrons. The van der Waals surface area contributed by atoms with Gasteiger partial charge >= 0.3 is 0 Å². The van der Waals surface area contributed by atoms with Crippen LogP contribution in [0.5, 0.6) is 0 Å². The zero-order valence-electron chi connectivity index (χ0n) is 6.62. The Morgan fingerprint density at radius 3 is 3.25 bits per heavy atom. The second-order valence-electron chi connectivity index (χ2n) is 2.27. The number of nitriles is 1. The Hall–Kier alpha value is -1.60. The minimum absolute atomic E-state index is 0.328. The molecule has 0 spiro atoms. The van der Waals surface area contributed by atoms with Crippen LogP contribution >= 0.6 is 0 Å². The maximum Gasteiger partial charge on any atom is 0.138 e. The zero-order valence-corrected chi connectivity index (χ0v) is 6.62. The van der Waals surface area contributed by atoms with E-state index in [1.165, 1.54) is 0 Å². The highest BCUT2D eigenvalue weighted by molar-refractivity contribution is 5.11. The molecule has 1 heterocycles. The van der Waals surface area contributed by atoms with Crippen molar-refractivity contribution in [1.82, 2.24) is 15.3 Å². The van der Waals surface area contributed by atoms with Crippen LogP contribution in [0.25, 0.3) is 0 Å². The Bertz CT molecular complexity index is 270. The minimum atomic E-state index is -0.328. The molecular weight excluding hydrogens is 152 g/mol. The van der Waals surface area contributed by atoms with Gasteiger partial charge in [0.15, 0.2) is 0 Å². The van der Waals surface area contributed by atoms with Gasteiger partial charge in [0, 0.05) is 6.54 Å². The largest absolute Gasteiger partial charge is 0.346 e. The lowest BCUT2D eigenvalue weighted by Crippen LogP contribution is -2.19. The van der Waals surface area contributed by atoms with Crippen LogP contribution in [0.4, 0.5) is 0 Å². The summed E-state index contributed by atoms with van der Waals surface area (Å²) in [6.07, 6.45) is 4.89. The Balaban J connectivity index is 2.59. The molecule has 2 N–H and O–H groups in total. The monoisotopic (exact) mass is 162 g/mol. The summed E-state index contributed by atoms with van der Waals surface area (Å²) in [6.45, 7) is 4.16. The lowest BCUT2D eigenvalue weighted by Gasteiger charge is -2.05. The van der Waals surface area contributed by atoms with Gasteiger partial charge in [-0.1, -0.05) is 6.08 Å². The van der Waals surface area contributed by atoms with E-state index >= 15 is 0 Å². The van der Waals surface area contributed by atoms with Gasteiger partial charge in [0.1, 0.15) is 6.04 Å². The standard InChI is InChI=1S/C8H10N4/c1-2-3-11-7(4-9)8-5-10-6-12-8/h2,5-7,11H,1,3H2,(H,10,12). The quantitative estimate of drug-likeness (QED) is 0.642. The molecule has 0 aliphatic carbocycles. The fourth-order valence-electron chi connectivity index (χ4n) is 0.851. The third-order valence-electron chi connectivity index (χ3n) is 1.43. The van der Waals surface area contributed by atoms with E-state index in [0.29, 0.717) is 6.54 Å². The van der Waals surface area contributed by atoms with Gasteiger partial charge in [-0.2, -0.15) is 5.26 Å². The number of aromatic nitrogens is 2. The van der Waals surface area contributed by atoms with Crippen LogP contribution in [0.15, 0.2) is 25.2 Å². The minimum Gasteiger partial charge on any atom is -0.346 e. The number of H-pyrrole nitrogens is 1. The number of nitrogens with zero attached hydrogens (tertiary/aromatic N) is 2. The van der Waals surface area contributed by atoms with Crippen molar-refractivity contribution >= 4 is 0 Å². The molecule has 0 aliphatic heterocycles. The summed E-state index contributed by atoms with van der Waals surface area (Å²) in [4.78, 5) is 6.69. The number of aromatic amines is 1. The molecule has 0 saturated heterocycles. The SMILES string of the molecule is C=CCNC(C#N)c1cnc[nH]1. The molecule has 1 aromatic heterocycles. The third-order valence-corrected chi connectivity index (χ3v) is 1.43.